The number of nitrogens with zero attached hydrogens (tertiary/aromatic N) is 1. The zero-order chi connectivity index (χ0) is 21.0. The molecule has 0 bridgehead atoms. The molecule has 3 rings (SSSR count). The second kappa shape index (κ2) is 8.17. The standard InChI is InChI=1S/C20H15N3O6/c1-12(24)29-18-8-7-13-9-15(6-5-14(13)10-18)19(25)22-20(26)21-16-3-2-4-17(11-16)23(27)28/h2-11H,1H3,(H2,21,22,25,26). The Morgan fingerprint density at radius 3 is 2.41 bits per heavy atom. The first-order valence-electron chi connectivity index (χ1n) is 8.41. The van der Waals surface area contributed by atoms with Crippen molar-refractivity contribution >= 4 is 40.1 Å². The van der Waals surface area contributed by atoms with Gasteiger partial charge in [-0.05, 0) is 41.1 Å². The summed E-state index contributed by atoms with van der Waals surface area (Å²) < 4.78 is 5.02. The molecule has 0 spiro atoms. The van der Waals surface area contributed by atoms with Crippen LogP contribution >= 0.6 is 0 Å². The summed E-state index contributed by atoms with van der Waals surface area (Å²) in [6.45, 7) is 1.30. The Balaban J connectivity index is 1.70. The molecule has 0 atom stereocenters. The van der Waals surface area contributed by atoms with Crippen LogP contribution in [0.4, 0.5) is 16.2 Å². The van der Waals surface area contributed by atoms with Crippen molar-refractivity contribution in [2.75, 3.05) is 5.32 Å². The molecule has 3 amide bonds. The first-order chi connectivity index (χ1) is 13.8. The Morgan fingerprint density at radius 2 is 1.69 bits per heavy atom. The number of esters is 1. The Labute approximate surface area is 164 Å². The van der Waals surface area contributed by atoms with Crippen molar-refractivity contribution in [2.45, 2.75) is 6.92 Å². The number of benzene rings is 3. The molecule has 0 heterocycles. The van der Waals surface area contributed by atoms with Gasteiger partial charge in [-0.2, -0.15) is 0 Å². The summed E-state index contributed by atoms with van der Waals surface area (Å²) in [5.41, 5.74) is 0.240. The molecule has 0 fully saturated rings. The number of nitro groups is 1. The number of nitrogens with one attached hydrogen (secondary N) is 2. The number of amides is 3. The van der Waals surface area contributed by atoms with Crippen LogP contribution in [0.2, 0.25) is 0 Å². The predicted molar refractivity (Wildman–Crippen MR) is 105 cm³/mol. The Morgan fingerprint density at radius 1 is 0.966 bits per heavy atom. The third-order valence-electron chi connectivity index (χ3n) is 3.88. The van der Waals surface area contributed by atoms with E-state index in [2.05, 4.69) is 10.6 Å². The lowest BCUT2D eigenvalue weighted by Gasteiger charge is -2.08. The molecule has 9 heteroatoms. The summed E-state index contributed by atoms with van der Waals surface area (Å²) in [6.07, 6.45) is 0. The van der Waals surface area contributed by atoms with E-state index in [4.69, 9.17) is 4.74 Å². The molecule has 0 unspecified atom stereocenters. The molecular formula is C20H15N3O6. The van der Waals surface area contributed by atoms with Gasteiger partial charge in [0.2, 0.25) is 0 Å². The summed E-state index contributed by atoms with van der Waals surface area (Å²) >= 11 is 0. The van der Waals surface area contributed by atoms with Crippen molar-refractivity contribution in [3.8, 4) is 5.75 Å². The molecule has 2 N–H and O–H groups in total. The maximum absolute atomic E-state index is 12.3. The van der Waals surface area contributed by atoms with E-state index in [1.54, 1.807) is 30.3 Å². The average Bonchev–Trinajstić information content (AvgIpc) is 2.67. The third kappa shape index (κ3) is 4.92. The van der Waals surface area contributed by atoms with Gasteiger partial charge in [-0.3, -0.25) is 25.0 Å². The van der Waals surface area contributed by atoms with E-state index in [0.29, 0.717) is 11.1 Å². The van der Waals surface area contributed by atoms with Gasteiger partial charge in [0.25, 0.3) is 11.6 Å². The number of non-ortho nitro benzene ring substituents is 1. The minimum Gasteiger partial charge on any atom is -0.427 e. The minimum absolute atomic E-state index is 0.181. The van der Waals surface area contributed by atoms with Crippen molar-refractivity contribution < 1.29 is 24.0 Å². The van der Waals surface area contributed by atoms with Crippen LogP contribution in [0.5, 0.6) is 5.75 Å². The number of carbonyl (C=O) groups is 3. The molecule has 3 aromatic rings. The fourth-order valence-corrected chi connectivity index (χ4v) is 2.63. The lowest BCUT2D eigenvalue weighted by molar-refractivity contribution is -0.384. The van der Waals surface area contributed by atoms with Crippen LogP contribution in [0, 0.1) is 10.1 Å². The zero-order valence-electron chi connectivity index (χ0n) is 15.2. The highest BCUT2D eigenvalue weighted by molar-refractivity contribution is 6.09. The molecule has 0 aliphatic carbocycles. The van der Waals surface area contributed by atoms with Crippen LogP contribution in [-0.2, 0) is 4.79 Å². The second-order valence-electron chi connectivity index (χ2n) is 6.03. The molecule has 29 heavy (non-hydrogen) atoms. The Kier molecular flexibility index (Phi) is 5.49. The van der Waals surface area contributed by atoms with Gasteiger partial charge in [0, 0.05) is 30.3 Å². The fourth-order valence-electron chi connectivity index (χ4n) is 2.63. The molecule has 0 saturated carbocycles. The number of rotatable bonds is 4. The number of carbonyl (C=O) groups excluding carboxylic acids is 3. The lowest BCUT2D eigenvalue weighted by Crippen LogP contribution is -2.34. The molecule has 146 valence electrons. The largest absolute Gasteiger partial charge is 0.427 e. The highest BCUT2D eigenvalue weighted by Gasteiger charge is 2.13. The van der Waals surface area contributed by atoms with E-state index >= 15 is 0 Å². The fraction of sp³-hybridized carbons (Fsp3) is 0.0500. The van der Waals surface area contributed by atoms with Crippen molar-refractivity contribution in [3.63, 3.8) is 0 Å². The molecule has 0 saturated heterocycles. The van der Waals surface area contributed by atoms with Crippen molar-refractivity contribution in [1.29, 1.82) is 0 Å². The number of ether oxygens (including phenoxy) is 1. The van der Waals surface area contributed by atoms with E-state index in [1.807, 2.05) is 0 Å². The van der Waals surface area contributed by atoms with Crippen LogP contribution < -0.4 is 15.4 Å². The van der Waals surface area contributed by atoms with Gasteiger partial charge >= 0.3 is 12.0 Å². The van der Waals surface area contributed by atoms with Gasteiger partial charge in [-0.1, -0.05) is 18.2 Å². The number of urea groups is 1. The van der Waals surface area contributed by atoms with Crippen molar-refractivity contribution in [1.82, 2.24) is 5.32 Å². The Bertz CT molecular complexity index is 1140. The lowest BCUT2D eigenvalue weighted by atomic mass is 10.1. The predicted octanol–water partition coefficient (Wildman–Crippen LogP) is 3.64. The highest BCUT2D eigenvalue weighted by Crippen LogP contribution is 2.22. The molecule has 0 radical (unpaired) electrons. The summed E-state index contributed by atoms with van der Waals surface area (Å²) in [6, 6.07) is 14.3. The average molecular weight is 393 g/mol. The van der Waals surface area contributed by atoms with E-state index in [1.165, 1.54) is 37.3 Å². The molecular weight excluding hydrogens is 378 g/mol. The maximum Gasteiger partial charge on any atom is 0.326 e. The number of hydrogen-bond acceptors (Lipinski definition) is 6. The normalized spacial score (nSPS) is 10.2. The molecule has 9 nitrogen and oxygen atoms in total. The molecule has 0 aliphatic heterocycles. The Hall–Kier alpha value is -4.27. The van der Waals surface area contributed by atoms with E-state index in [9.17, 15) is 24.5 Å². The SMILES string of the molecule is CC(=O)Oc1ccc2cc(C(=O)NC(=O)Nc3cccc([N+](=O)[O-])c3)ccc2c1. The van der Waals surface area contributed by atoms with Gasteiger partial charge in [-0.25, -0.2) is 4.79 Å². The van der Waals surface area contributed by atoms with Gasteiger partial charge in [0.15, 0.2) is 0 Å². The van der Waals surface area contributed by atoms with Crippen LogP contribution in [0.25, 0.3) is 10.8 Å². The van der Waals surface area contributed by atoms with E-state index in [0.717, 1.165) is 5.39 Å². The van der Waals surface area contributed by atoms with Gasteiger partial charge in [0.05, 0.1) is 4.92 Å². The second-order valence-corrected chi connectivity index (χ2v) is 6.03. The molecule has 3 aromatic carbocycles. The monoisotopic (exact) mass is 393 g/mol. The van der Waals surface area contributed by atoms with Crippen LogP contribution in [-0.4, -0.2) is 22.8 Å². The summed E-state index contributed by atoms with van der Waals surface area (Å²) in [5.74, 6) is -0.687. The number of hydrogen-bond donors (Lipinski definition) is 2. The first kappa shape index (κ1) is 19.5. The number of nitro benzene ring substituents is 1. The molecule has 0 aromatic heterocycles. The van der Waals surface area contributed by atoms with E-state index < -0.39 is 22.8 Å². The quantitative estimate of drug-likeness (QED) is 0.301. The molecule has 0 aliphatic rings. The smallest absolute Gasteiger partial charge is 0.326 e. The summed E-state index contributed by atoms with van der Waals surface area (Å²) in [7, 11) is 0. The van der Waals surface area contributed by atoms with Crippen molar-refractivity contribution in [2.24, 2.45) is 0 Å². The van der Waals surface area contributed by atoms with Crippen molar-refractivity contribution in [3.05, 3.63) is 76.3 Å². The van der Waals surface area contributed by atoms with Crippen LogP contribution in [0.15, 0.2) is 60.7 Å². The zero-order valence-corrected chi connectivity index (χ0v) is 15.2. The first-order valence-corrected chi connectivity index (χ1v) is 8.41. The minimum atomic E-state index is -0.819. The summed E-state index contributed by atoms with van der Waals surface area (Å²) in [4.78, 5) is 45.6. The van der Waals surface area contributed by atoms with Gasteiger partial charge < -0.3 is 10.1 Å². The van der Waals surface area contributed by atoms with Gasteiger partial charge in [0.1, 0.15) is 5.75 Å². The number of imide groups is 1. The highest BCUT2D eigenvalue weighted by atomic mass is 16.6. The van der Waals surface area contributed by atoms with E-state index in [-0.39, 0.29) is 16.9 Å². The van der Waals surface area contributed by atoms with Crippen LogP contribution in [0.3, 0.4) is 0 Å². The maximum atomic E-state index is 12.3. The number of fused-ring (bicyclic) bond motifs is 1. The van der Waals surface area contributed by atoms with Gasteiger partial charge in [-0.15, -0.1) is 0 Å². The third-order valence-corrected chi connectivity index (χ3v) is 3.88. The van der Waals surface area contributed by atoms with Crippen LogP contribution in [0.1, 0.15) is 17.3 Å². The number of anilines is 1. The summed E-state index contributed by atoms with van der Waals surface area (Å²) in [5, 5.41) is 16.8. The topological polar surface area (TPSA) is 128 Å².